The molecule has 0 aromatic heterocycles. The zero-order valence-corrected chi connectivity index (χ0v) is 12.7. The lowest BCUT2D eigenvalue weighted by Gasteiger charge is -2.38. The van der Waals surface area contributed by atoms with Gasteiger partial charge in [0.25, 0.3) is 5.69 Å². The van der Waals surface area contributed by atoms with Crippen molar-refractivity contribution in [1.82, 2.24) is 5.32 Å². The van der Waals surface area contributed by atoms with Gasteiger partial charge in [-0.3, -0.25) is 10.1 Å². The number of hydrogen-bond acceptors (Lipinski definition) is 5. The van der Waals surface area contributed by atoms with Gasteiger partial charge in [-0.2, -0.15) is 11.8 Å². The molecule has 5 nitrogen and oxygen atoms in total. The molecule has 114 valence electrons. The van der Waals surface area contributed by atoms with Crippen LogP contribution in [0.3, 0.4) is 0 Å². The monoisotopic (exact) mass is 308 g/mol. The highest BCUT2D eigenvalue weighted by molar-refractivity contribution is 7.99. The first-order valence-electron chi connectivity index (χ1n) is 7.36. The quantitative estimate of drug-likeness (QED) is 0.684. The van der Waals surface area contributed by atoms with Gasteiger partial charge in [-0.25, -0.2) is 0 Å². The molecule has 1 aromatic rings. The summed E-state index contributed by atoms with van der Waals surface area (Å²) < 4.78 is 6.00. The van der Waals surface area contributed by atoms with Crippen LogP contribution < -0.4 is 5.32 Å². The molecule has 2 heterocycles. The van der Waals surface area contributed by atoms with E-state index in [-0.39, 0.29) is 16.2 Å². The molecule has 21 heavy (non-hydrogen) atoms. The molecule has 2 fully saturated rings. The van der Waals surface area contributed by atoms with Crippen molar-refractivity contribution < 1.29 is 9.66 Å². The minimum atomic E-state index is -0.309. The van der Waals surface area contributed by atoms with E-state index in [2.05, 4.69) is 5.32 Å². The Hall–Kier alpha value is -1.11. The van der Waals surface area contributed by atoms with Gasteiger partial charge in [0.15, 0.2) is 0 Å². The number of nitrogens with zero attached hydrogens (tertiary/aromatic N) is 1. The highest BCUT2D eigenvalue weighted by atomic mass is 32.2. The van der Waals surface area contributed by atoms with Crippen LogP contribution in [-0.2, 0) is 11.3 Å². The third-order valence-electron chi connectivity index (χ3n) is 4.33. The Balaban J connectivity index is 1.61. The molecule has 2 aliphatic heterocycles. The molecular weight excluding hydrogens is 288 g/mol. The van der Waals surface area contributed by atoms with Crippen LogP contribution in [0.15, 0.2) is 24.3 Å². The van der Waals surface area contributed by atoms with Gasteiger partial charge >= 0.3 is 0 Å². The van der Waals surface area contributed by atoms with Gasteiger partial charge in [0.1, 0.15) is 0 Å². The van der Waals surface area contributed by atoms with Crippen LogP contribution in [0, 0.1) is 10.1 Å². The number of hydrogen-bond donors (Lipinski definition) is 1. The summed E-state index contributed by atoms with van der Waals surface area (Å²) in [6.45, 7) is 1.33. The largest absolute Gasteiger partial charge is 0.374 e. The highest BCUT2D eigenvalue weighted by Gasteiger charge is 2.40. The fourth-order valence-electron chi connectivity index (χ4n) is 3.16. The van der Waals surface area contributed by atoms with E-state index in [1.165, 1.54) is 5.75 Å². The summed E-state index contributed by atoms with van der Waals surface area (Å²) in [5, 5.41) is 14.5. The maximum atomic E-state index is 11.0. The maximum absolute atomic E-state index is 11.0. The first kappa shape index (κ1) is 14.8. The number of thioether (sulfide) groups is 1. The van der Waals surface area contributed by atoms with Crippen LogP contribution in [0.25, 0.3) is 0 Å². The Morgan fingerprint density at radius 1 is 1.48 bits per heavy atom. The molecule has 0 radical (unpaired) electrons. The molecule has 0 aliphatic carbocycles. The van der Waals surface area contributed by atoms with Crippen LogP contribution in [0.1, 0.15) is 24.8 Å². The molecule has 3 rings (SSSR count). The molecule has 2 aliphatic rings. The molecule has 2 atom stereocenters. The number of ether oxygens (including phenoxy) is 1. The SMILES string of the molecule is O=[N+]([O-])c1ccccc1CNC1CCOC2(CCSC2)C1. The van der Waals surface area contributed by atoms with Crippen molar-refractivity contribution in [2.75, 3.05) is 18.1 Å². The van der Waals surface area contributed by atoms with Crippen LogP contribution in [0.2, 0.25) is 0 Å². The fourth-order valence-corrected chi connectivity index (χ4v) is 4.54. The van der Waals surface area contributed by atoms with Gasteiger partial charge in [0, 0.05) is 36.6 Å². The zero-order chi connectivity index (χ0) is 14.7. The van der Waals surface area contributed by atoms with E-state index in [0.29, 0.717) is 12.6 Å². The van der Waals surface area contributed by atoms with Crippen LogP contribution >= 0.6 is 11.8 Å². The highest BCUT2D eigenvalue weighted by Crippen LogP contribution is 2.38. The van der Waals surface area contributed by atoms with Crippen molar-refractivity contribution in [3.63, 3.8) is 0 Å². The van der Waals surface area contributed by atoms with Crippen molar-refractivity contribution in [2.24, 2.45) is 0 Å². The average Bonchev–Trinajstić information content (AvgIpc) is 2.93. The normalized spacial score (nSPS) is 28.9. The molecule has 2 unspecified atom stereocenters. The lowest BCUT2D eigenvalue weighted by molar-refractivity contribution is -0.385. The number of nitro benzene ring substituents is 1. The summed E-state index contributed by atoms with van der Waals surface area (Å²) in [5.41, 5.74) is 0.996. The van der Waals surface area contributed by atoms with E-state index < -0.39 is 0 Å². The molecule has 6 heteroatoms. The van der Waals surface area contributed by atoms with Crippen molar-refractivity contribution in [3.05, 3.63) is 39.9 Å². The maximum Gasteiger partial charge on any atom is 0.273 e. The van der Waals surface area contributed by atoms with Gasteiger partial charge < -0.3 is 10.1 Å². The molecular formula is C15H20N2O3S. The Kier molecular flexibility index (Phi) is 4.47. The molecule has 0 amide bonds. The van der Waals surface area contributed by atoms with E-state index in [4.69, 9.17) is 4.74 Å². The predicted octanol–water partition coefficient (Wildman–Crippen LogP) is 2.74. The van der Waals surface area contributed by atoms with Gasteiger partial charge in [0.05, 0.1) is 10.5 Å². The lowest BCUT2D eigenvalue weighted by Crippen LogP contribution is -2.47. The molecule has 2 saturated heterocycles. The number of rotatable bonds is 4. The molecule has 0 bridgehead atoms. The smallest absolute Gasteiger partial charge is 0.273 e. The van der Waals surface area contributed by atoms with Gasteiger partial charge in [-0.15, -0.1) is 0 Å². The minimum absolute atomic E-state index is 0.0448. The Bertz CT molecular complexity index is 517. The van der Waals surface area contributed by atoms with Crippen molar-refractivity contribution in [1.29, 1.82) is 0 Å². The Morgan fingerprint density at radius 3 is 3.10 bits per heavy atom. The summed E-state index contributed by atoms with van der Waals surface area (Å²) in [4.78, 5) is 10.7. The lowest BCUT2D eigenvalue weighted by atomic mass is 9.90. The van der Waals surface area contributed by atoms with Gasteiger partial charge in [-0.05, 0) is 25.0 Å². The van der Waals surface area contributed by atoms with E-state index in [9.17, 15) is 10.1 Å². The second kappa shape index (κ2) is 6.34. The van der Waals surface area contributed by atoms with Crippen LogP contribution in [0.5, 0.6) is 0 Å². The van der Waals surface area contributed by atoms with E-state index in [0.717, 1.165) is 37.2 Å². The third-order valence-corrected chi connectivity index (χ3v) is 5.55. The molecule has 0 saturated carbocycles. The fraction of sp³-hybridized carbons (Fsp3) is 0.600. The number of benzene rings is 1. The van der Waals surface area contributed by atoms with Gasteiger partial charge in [-0.1, -0.05) is 18.2 Å². The second-order valence-corrected chi connectivity index (χ2v) is 6.90. The van der Waals surface area contributed by atoms with Crippen molar-refractivity contribution >= 4 is 17.4 Å². The summed E-state index contributed by atoms with van der Waals surface area (Å²) in [6, 6.07) is 7.34. The zero-order valence-electron chi connectivity index (χ0n) is 11.9. The second-order valence-electron chi connectivity index (χ2n) is 5.79. The first-order chi connectivity index (χ1) is 10.2. The van der Waals surface area contributed by atoms with E-state index >= 15 is 0 Å². The topological polar surface area (TPSA) is 64.4 Å². The first-order valence-corrected chi connectivity index (χ1v) is 8.51. The summed E-state index contributed by atoms with van der Waals surface area (Å²) >= 11 is 1.96. The standard InChI is InChI=1S/C15H20N2O3S/c18-17(19)14-4-2-1-3-12(14)10-16-13-5-7-20-15(9-13)6-8-21-11-15/h1-4,13,16H,5-11H2. The predicted molar refractivity (Wildman–Crippen MR) is 83.6 cm³/mol. The third kappa shape index (κ3) is 3.39. The van der Waals surface area contributed by atoms with Gasteiger partial charge in [0.2, 0.25) is 0 Å². The summed E-state index contributed by atoms with van der Waals surface area (Å²) in [6.07, 6.45) is 3.12. The Morgan fingerprint density at radius 2 is 2.33 bits per heavy atom. The summed E-state index contributed by atoms with van der Waals surface area (Å²) in [5.74, 6) is 2.26. The molecule has 1 aromatic carbocycles. The number of nitro groups is 1. The van der Waals surface area contributed by atoms with Crippen molar-refractivity contribution in [2.45, 2.75) is 37.5 Å². The average molecular weight is 308 g/mol. The van der Waals surface area contributed by atoms with Crippen LogP contribution in [0.4, 0.5) is 5.69 Å². The van der Waals surface area contributed by atoms with E-state index in [1.807, 2.05) is 23.9 Å². The minimum Gasteiger partial charge on any atom is -0.374 e. The summed E-state index contributed by atoms with van der Waals surface area (Å²) in [7, 11) is 0. The van der Waals surface area contributed by atoms with E-state index in [1.54, 1.807) is 12.1 Å². The molecule has 1 spiro atoms. The van der Waals surface area contributed by atoms with Crippen LogP contribution in [-0.4, -0.2) is 34.7 Å². The Labute approximate surface area is 128 Å². The molecule has 1 N–H and O–H groups in total. The number of nitrogens with one attached hydrogen (secondary N) is 1. The number of para-hydroxylation sites is 1. The van der Waals surface area contributed by atoms with Crippen molar-refractivity contribution in [3.8, 4) is 0 Å².